The summed E-state index contributed by atoms with van der Waals surface area (Å²) in [5.74, 6) is 0.576. The van der Waals surface area contributed by atoms with Crippen molar-refractivity contribution < 1.29 is 13.5 Å². The van der Waals surface area contributed by atoms with E-state index >= 15 is 0 Å². The highest BCUT2D eigenvalue weighted by molar-refractivity contribution is 5.43. The number of hydrogen-bond donors (Lipinski definition) is 0. The van der Waals surface area contributed by atoms with Gasteiger partial charge in [-0.25, -0.2) is 8.78 Å². The zero-order chi connectivity index (χ0) is 13.2. The number of fused-ring (bicyclic) bond motifs is 1. The predicted octanol–water partition coefficient (Wildman–Crippen LogP) is 4.57. The van der Waals surface area contributed by atoms with E-state index in [0.29, 0.717) is 11.7 Å². The molecule has 104 valence electrons. The van der Waals surface area contributed by atoms with Crippen LogP contribution in [0.2, 0.25) is 0 Å². The maximum atomic E-state index is 13.6. The average molecular weight is 266 g/mol. The van der Waals surface area contributed by atoms with Gasteiger partial charge in [-0.05, 0) is 43.2 Å². The van der Waals surface area contributed by atoms with Crippen LogP contribution in [0.1, 0.15) is 49.7 Å². The first-order valence-electron chi connectivity index (χ1n) is 7.32. The van der Waals surface area contributed by atoms with Crippen molar-refractivity contribution in [2.24, 2.45) is 5.92 Å². The molecule has 19 heavy (non-hydrogen) atoms. The fraction of sp³-hybridized carbons (Fsp3) is 0.625. The van der Waals surface area contributed by atoms with Gasteiger partial charge in [0.05, 0.1) is 5.56 Å². The molecule has 0 radical (unpaired) electrons. The van der Waals surface area contributed by atoms with Crippen LogP contribution in [0.15, 0.2) is 12.1 Å². The van der Waals surface area contributed by atoms with Crippen molar-refractivity contribution >= 4 is 0 Å². The van der Waals surface area contributed by atoms with Crippen molar-refractivity contribution in [3.05, 3.63) is 29.1 Å². The highest BCUT2D eigenvalue weighted by atomic mass is 19.1. The lowest BCUT2D eigenvalue weighted by Crippen LogP contribution is -2.32. The number of halogens is 2. The van der Waals surface area contributed by atoms with E-state index in [9.17, 15) is 8.78 Å². The quantitative estimate of drug-likeness (QED) is 0.762. The van der Waals surface area contributed by atoms with Gasteiger partial charge in [0.15, 0.2) is 0 Å². The molecule has 1 aromatic rings. The zero-order valence-corrected chi connectivity index (χ0v) is 11.1. The van der Waals surface area contributed by atoms with Crippen molar-refractivity contribution in [1.82, 2.24) is 0 Å². The monoisotopic (exact) mass is 266 g/mol. The van der Waals surface area contributed by atoms with Crippen LogP contribution in [-0.4, -0.2) is 6.10 Å². The van der Waals surface area contributed by atoms with Crippen LogP contribution in [0.5, 0.6) is 5.75 Å². The maximum absolute atomic E-state index is 13.6. The maximum Gasteiger partial charge on any atom is 0.132 e. The van der Waals surface area contributed by atoms with Crippen LogP contribution in [0.3, 0.4) is 0 Å². The van der Waals surface area contributed by atoms with E-state index in [-0.39, 0.29) is 11.7 Å². The Morgan fingerprint density at radius 2 is 1.89 bits per heavy atom. The van der Waals surface area contributed by atoms with Crippen LogP contribution < -0.4 is 4.74 Å². The SMILES string of the molecule is FCc1c(F)ccc2c1OC(C1CCCCC1)CC2. The predicted molar refractivity (Wildman–Crippen MR) is 70.5 cm³/mol. The highest BCUT2D eigenvalue weighted by Gasteiger charge is 2.30. The first kappa shape index (κ1) is 12.9. The molecule has 1 aliphatic heterocycles. The van der Waals surface area contributed by atoms with E-state index in [1.807, 2.05) is 0 Å². The number of hydrogen-bond acceptors (Lipinski definition) is 1. The number of aryl methyl sites for hydroxylation is 1. The Bertz CT molecular complexity index is 452. The second-order valence-corrected chi connectivity index (χ2v) is 5.74. The Hall–Kier alpha value is -1.12. The van der Waals surface area contributed by atoms with E-state index in [1.54, 1.807) is 6.07 Å². The molecule has 0 aromatic heterocycles. The van der Waals surface area contributed by atoms with E-state index in [0.717, 1.165) is 18.4 Å². The molecule has 1 heterocycles. The molecule has 2 aliphatic rings. The third kappa shape index (κ3) is 2.47. The Morgan fingerprint density at radius 1 is 1.11 bits per heavy atom. The standard InChI is InChI=1S/C16H20F2O/c17-10-13-14(18)8-6-12-7-9-15(19-16(12)13)11-4-2-1-3-5-11/h6,8,11,15H,1-5,7,9-10H2. The first-order valence-corrected chi connectivity index (χ1v) is 7.32. The van der Waals surface area contributed by atoms with Crippen molar-refractivity contribution in [3.63, 3.8) is 0 Å². The third-order valence-electron chi connectivity index (χ3n) is 4.56. The van der Waals surface area contributed by atoms with Crippen LogP contribution in [0, 0.1) is 11.7 Å². The summed E-state index contributed by atoms with van der Waals surface area (Å²) in [6.45, 7) is -0.785. The first-order chi connectivity index (χ1) is 9.29. The number of ether oxygens (including phenoxy) is 1. The molecule has 1 nitrogen and oxygen atoms in total. The molecule has 0 N–H and O–H groups in total. The van der Waals surface area contributed by atoms with Gasteiger partial charge in [-0.1, -0.05) is 25.3 Å². The van der Waals surface area contributed by atoms with Gasteiger partial charge in [0.25, 0.3) is 0 Å². The average Bonchev–Trinajstić information content (AvgIpc) is 2.47. The summed E-state index contributed by atoms with van der Waals surface area (Å²) in [5, 5.41) is 0. The molecular formula is C16H20F2O. The Labute approximate surface area is 113 Å². The van der Waals surface area contributed by atoms with Gasteiger partial charge in [0, 0.05) is 0 Å². The van der Waals surface area contributed by atoms with Crippen molar-refractivity contribution in [2.45, 2.75) is 57.7 Å². The van der Waals surface area contributed by atoms with Gasteiger partial charge in [-0.15, -0.1) is 0 Å². The molecule has 0 bridgehead atoms. The molecule has 1 fully saturated rings. The van der Waals surface area contributed by atoms with Gasteiger partial charge >= 0.3 is 0 Å². The van der Waals surface area contributed by atoms with Crippen LogP contribution >= 0.6 is 0 Å². The molecule has 1 aromatic carbocycles. The summed E-state index contributed by atoms with van der Waals surface area (Å²) < 4.78 is 32.6. The molecule has 3 rings (SSSR count). The van der Waals surface area contributed by atoms with Gasteiger partial charge < -0.3 is 4.74 Å². The summed E-state index contributed by atoms with van der Waals surface area (Å²) in [6, 6.07) is 3.10. The van der Waals surface area contributed by atoms with Gasteiger partial charge in [-0.2, -0.15) is 0 Å². The van der Waals surface area contributed by atoms with Crippen LogP contribution in [0.4, 0.5) is 8.78 Å². The molecule has 0 spiro atoms. The summed E-state index contributed by atoms with van der Waals surface area (Å²) in [6.07, 6.45) is 8.23. The number of alkyl halides is 1. The fourth-order valence-corrected chi connectivity index (χ4v) is 3.47. The third-order valence-corrected chi connectivity index (χ3v) is 4.56. The lowest BCUT2D eigenvalue weighted by molar-refractivity contribution is 0.0856. The van der Waals surface area contributed by atoms with Gasteiger partial charge in [0.1, 0.15) is 24.3 Å². The molecule has 1 unspecified atom stereocenters. The minimum atomic E-state index is -0.785. The number of rotatable bonds is 2. The summed E-state index contributed by atoms with van der Waals surface area (Å²) in [4.78, 5) is 0. The summed E-state index contributed by atoms with van der Waals surface area (Å²) >= 11 is 0. The zero-order valence-electron chi connectivity index (χ0n) is 11.1. The van der Waals surface area contributed by atoms with Gasteiger partial charge in [0.2, 0.25) is 0 Å². The summed E-state index contributed by atoms with van der Waals surface area (Å²) in [5.41, 5.74) is 1.07. The van der Waals surface area contributed by atoms with E-state index in [4.69, 9.17) is 4.74 Å². The van der Waals surface area contributed by atoms with Crippen LogP contribution in [0.25, 0.3) is 0 Å². The Balaban J connectivity index is 1.83. The molecule has 0 amide bonds. The summed E-state index contributed by atoms with van der Waals surface area (Å²) in [7, 11) is 0. The van der Waals surface area contributed by atoms with Crippen molar-refractivity contribution in [2.75, 3.05) is 0 Å². The molecule has 0 saturated heterocycles. The fourth-order valence-electron chi connectivity index (χ4n) is 3.47. The highest BCUT2D eigenvalue weighted by Crippen LogP contribution is 2.38. The topological polar surface area (TPSA) is 9.23 Å². The Kier molecular flexibility index (Phi) is 3.72. The van der Waals surface area contributed by atoms with Crippen molar-refractivity contribution in [3.8, 4) is 5.75 Å². The smallest absolute Gasteiger partial charge is 0.132 e. The Morgan fingerprint density at radius 3 is 2.63 bits per heavy atom. The molecule has 3 heteroatoms. The molecule has 1 saturated carbocycles. The molecule has 1 aliphatic carbocycles. The van der Waals surface area contributed by atoms with E-state index in [1.165, 1.54) is 38.2 Å². The normalized spacial score (nSPS) is 23.8. The van der Waals surface area contributed by atoms with Crippen molar-refractivity contribution in [1.29, 1.82) is 0 Å². The van der Waals surface area contributed by atoms with Gasteiger partial charge in [-0.3, -0.25) is 0 Å². The molecular weight excluding hydrogens is 246 g/mol. The lowest BCUT2D eigenvalue weighted by atomic mass is 9.82. The minimum Gasteiger partial charge on any atom is -0.489 e. The lowest BCUT2D eigenvalue weighted by Gasteiger charge is -2.35. The van der Waals surface area contributed by atoms with E-state index < -0.39 is 12.5 Å². The number of benzene rings is 1. The second kappa shape index (κ2) is 5.48. The minimum absolute atomic E-state index is 0.109. The van der Waals surface area contributed by atoms with E-state index in [2.05, 4.69) is 0 Å². The second-order valence-electron chi connectivity index (χ2n) is 5.74. The van der Waals surface area contributed by atoms with Crippen LogP contribution in [-0.2, 0) is 13.1 Å². The molecule has 1 atom stereocenters. The largest absolute Gasteiger partial charge is 0.489 e.